The number of nitrogens with one attached hydrogen (secondary N) is 4. The first kappa shape index (κ1) is 25.5. The van der Waals surface area contributed by atoms with Gasteiger partial charge in [0.15, 0.2) is 0 Å². The van der Waals surface area contributed by atoms with Crippen LogP contribution in [0.3, 0.4) is 0 Å². The summed E-state index contributed by atoms with van der Waals surface area (Å²) >= 11 is 13.4. The molecule has 0 bridgehead atoms. The molecule has 37 heavy (non-hydrogen) atoms. The number of anilines is 2. The number of hydrogen-bond donors (Lipinski definition) is 4. The topological polar surface area (TPSA) is 88.0 Å². The lowest BCUT2D eigenvalue weighted by Crippen LogP contribution is -2.38. The number of nitrogens with zero attached hydrogens (tertiary/aromatic N) is 3. The molecule has 4 N–H and O–H groups in total. The van der Waals surface area contributed by atoms with Gasteiger partial charge >= 0.3 is 0 Å². The Morgan fingerprint density at radius 3 is 2.59 bits per heavy atom. The SMILES string of the molecule is CC(C)C(C)(C)Nc1c(C#N)cnc2c(Cl)cc(NC(C3=CN(C4CC4)NN3)c3ccccc3Cl)cc12. The number of nitriles is 1. The van der Waals surface area contributed by atoms with Crippen LogP contribution in [0.5, 0.6) is 0 Å². The van der Waals surface area contributed by atoms with E-state index < -0.39 is 0 Å². The van der Waals surface area contributed by atoms with Crippen LogP contribution < -0.4 is 21.6 Å². The molecule has 0 spiro atoms. The van der Waals surface area contributed by atoms with Crippen molar-refractivity contribution >= 4 is 45.5 Å². The first-order chi connectivity index (χ1) is 17.7. The van der Waals surface area contributed by atoms with Crippen molar-refractivity contribution in [3.8, 4) is 6.07 Å². The Morgan fingerprint density at radius 1 is 1.16 bits per heavy atom. The average molecular weight is 537 g/mol. The number of hydrogen-bond acceptors (Lipinski definition) is 7. The molecule has 1 aliphatic heterocycles. The Balaban J connectivity index is 1.59. The fraction of sp³-hybridized carbons (Fsp3) is 0.357. The van der Waals surface area contributed by atoms with Crippen LogP contribution in [-0.4, -0.2) is 21.6 Å². The Labute approximate surface area is 227 Å². The van der Waals surface area contributed by atoms with E-state index in [1.165, 1.54) is 12.8 Å². The standard InChI is InChI=1S/C28H31Cl2N7/c1-16(2)28(3,4)34-25-17(13-31)14-32-26-21(25)11-18(12-23(26)30)33-27(20-7-5-6-8-22(20)29)24-15-37(36-35-24)19-9-10-19/h5-8,11-12,14-16,19,27,33,35-36H,9-10H2,1-4H3,(H,32,34). The molecule has 1 aromatic heterocycles. The van der Waals surface area contributed by atoms with Crippen molar-refractivity contribution < 1.29 is 0 Å². The lowest BCUT2D eigenvalue weighted by atomic mass is 9.90. The molecule has 1 unspecified atom stereocenters. The second-order valence-corrected chi connectivity index (χ2v) is 11.4. The van der Waals surface area contributed by atoms with Crippen molar-refractivity contribution in [1.29, 1.82) is 5.26 Å². The summed E-state index contributed by atoms with van der Waals surface area (Å²) in [5.74, 6) is 0.325. The van der Waals surface area contributed by atoms with Gasteiger partial charge in [-0.05, 0) is 56.4 Å². The highest BCUT2D eigenvalue weighted by Crippen LogP contribution is 2.39. The molecule has 0 amide bonds. The summed E-state index contributed by atoms with van der Waals surface area (Å²) in [6.45, 7) is 8.55. The molecule has 192 valence electrons. The molecule has 1 atom stereocenters. The maximum absolute atomic E-state index is 9.87. The van der Waals surface area contributed by atoms with Crippen LogP contribution in [0.1, 0.15) is 57.7 Å². The molecule has 1 aliphatic carbocycles. The molecular formula is C28H31Cl2N7. The monoisotopic (exact) mass is 535 g/mol. The molecule has 2 heterocycles. The third-order valence-electron chi connectivity index (χ3n) is 7.32. The highest BCUT2D eigenvalue weighted by Gasteiger charge is 2.33. The van der Waals surface area contributed by atoms with E-state index in [4.69, 9.17) is 23.2 Å². The van der Waals surface area contributed by atoms with Gasteiger partial charge in [-0.2, -0.15) is 5.26 Å². The van der Waals surface area contributed by atoms with E-state index in [1.54, 1.807) is 6.20 Å². The van der Waals surface area contributed by atoms with Gasteiger partial charge in [-0.25, -0.2) is 0 Å². The summed E-state index contributed by atoms with van der Waals surface area (Å²) in [5.41, 5.74) is 10.8. The van der Waals surface area contributed by atoms with Crippen molar-refractivity contribution in [2.75, 3.05) is 10.6 Å². The number of halogens is 2. The van der Waals surface area contributed by atoms with Crippen LogP contribution in [0.25, 0.3) is 10.9 Å². The number of fused-ring (bicyclic) bond motifs is 1. The molecule has 2 aliphatic rings. The number of aromatic nitrogens is 1. The largest absolute Gasteiger partial charge is 0.378 e. The summed E-state index contributed by atoms with van der Waals surface area (Å²) in [6.07, 6.45) is 6.01. The van der Waals surface area contributed by atoms with Gasteiger partial charge in [0.25, 0.3) is 0 Å². The molecule has 1 saturated carbocycles. The molecule has 2 aromatic carbocycles. The van der Waals surface area contributed by atoms with Crippen molar-refractivity contribution in [2.24, 2.45) is 5.92 Å². The summed E-state index contributed by atoms with van der Waals surface area (Å²) in [4.78, 5) is 4.51. The number of rotatable bonds is 8. The van der Waals surface area contributed by atoms with E-state index in [1.807, 2.05) is 36.4 Å². The molecule has 1 fully saturated rings. The van der Waals surface area contributed by atoms with Gasteiger partial charge in [-0.3, -0.25) is 9.99 Å². The van der Waals surface area contributed by atoms with Gasteiger partial charge in [0.1, 0.15) is 6.07 Å². The quantitative estimate of drug-likeness (QED) is 0.254. The molecule has 3 aromatic rings. The van der Waals surface area contributed by atoms with Crippen LogP contribution in [0, 0.1) is 17.2 Å². The second kappa shape index (κ2) is 9.94. The zero-order chi connectivity index (χ0) is 26.3. The highest BCUT2D eigenvalue weighted by molar-refractivity contribution is 6.36. The Morgan fingerprint density at radius 2 is 1.92 bits per heavy atom. The minimum absolute atomic E-state index is 0.258. The lowest BCUT2D eigenvalue weighted by molar-refractivity contribution is 0.260. The minimum atomic E-state index is -0.269. The maximum atomic E-state index is 9.87. The third-order valence-corrected chi connectivity index (χ3v) is 7.95. The molecule has 7 nitrogen and oxygen atoms in total. The number of hydrazine groups is 2. The van der Waals surface area contributed by atoms with Gasteiger partial charge in [0.05, 0.1) is 33.5 Å². The molecule has 5 rings (SSSR count). The Kier molecular flexibility index (Phi) is 6.84. The van der Waals surface area contributed by atoms with Crippen molar-refractivity contribution in [3.05, 3.63) is 75.7 Å². The van der Waals surface area contributed by atoms with E-state index in [0.717, 1.165) is 28.0 Å². The van der Waals surface area contributed by atoms with Gasteiger partial charge in [0, 0.05) is 40.1 Å². The van der Waals surface area contributed by atoms with Crippen molar-refractivity contribution in [1.82, 2.24) is 21.0 Å². The van der Waals surface area contributed by atoms with E-state index >= 15 is 0 Å². The first-order valence-corrected chi connectivity index (χ1v) is 13.3. The van der Waals surface area contributed by atoms with E-state index in [-0.39, 0.29) is 11.6 Å². The molecule has 0 saturated heterocycles. The van der Waals surface area contributed by atoms with Crippen molar-refractivity contribution in [3.63, 3.8) is 0 Å². The Bertz CT molecular complexity index is 1410. The zero-order valence-corrected chi connectivity index (χ0v) is 22.9. The number of benzene rings is 2. The van der Waals surface area contributed by atoms with Crippen LogP contribution >= 0.6 is 23.2 Å². The predicted octanol–water partition coefficient (Wildman–Crippen LogP) is 6.74. The van der Waals surface area contributed by atoms with Crippen LogP contribution in [0.4, 0.5) is 11.4 Å². The molecular weight excluding hydrogens is 505 g/mol. The highest BCUT2D eigenvalue weighted by atomic mass is 35.5. The summed E-state index contributed by atoms with van der Waals surface area (Å²) < 4.78 is 0. The fourth-order valence-corrected chi connectivity index (χ4v) is 4.78. The third kappa shape index (κ3) is 5.15. The maximum Gasteiger partial charge on any atom is 0.103 e. The summed E-state index contributed by atoms with van der Waals surface area (Å²) in [7, 11) is 0. The van der Waals surface area contributed by atoms with Gasteiger partial charge in [-0.15, -0.1) is 5.53 Å². The minimum Gasteiger partial charge on any atom is -0.378 e. The average Bonchev–Trinajstić information content (AvgIpc) is 3.60. The predicted molar refractivity (Wildman–Crippen MR) is 151 cm³/mol. The Hall–Kier alpha value is -3.18. The summed E-state index contributed by atoms with van der Waals surface area (Å²) in [5, 5.41) is 21.2. The van der Waals surface area contributed by atoms with E-state index in [9.17, 15) is 5.26 Å². The lowest BCUT2D eigenvalue weighted by Gasteiger charge is -2.33. The fourth-order valence-electron chi connectivity index (χ4n) is 4.27. The van der Waals surface area contributed by atoms with Crippen LogP contribution in [-0.2, 0) is 0 Å². The second-order valence-electron chi connectivity index (χ2n) is 10.6. The smallest absolute Gasteiger partial charge is 0.103 e. The van der Waals surface area contributed by atoms with Gasteiger partial charge < -0.3 is 16.1 Å². The zero-order valence-electron chi connectivity index (χ0n) is 21.4. The normalized spacial score (nSPS) is 16.4. The molecule has 9 heteroatoms. The van der Waals surface area contributed by atoms with E-state index in [0.29, 0.717) is 33.1 Å². The van der Waals surface area contributed by atoms with E-state index in [2.05, 4.69) is 71.6 Å². The van der Waals surface area contributed by atoms with Crippen LogP contribution in [0.2, 0.25) is 10.0 Å². The first-order valence-electron chi connectivity index (χ1n) is 12.5. The molecule has 0 radical (unpaired) electrons. The number of pyridine rings is 1. The van der Waals surface area contributed by atoms with Crippen molar-refractivity contribution in [2.45, 2.75) is 58.2 Å². The van der Waals surface area contributed by atoms with Crippen LogP contribution in [0.15, 0.2) is 54.5 Å². The van der Waals surface area contributed by atoms with Gasteiger partial charge in [0.2, 0.25) is 0 Å². The summed E-state index contributed by atoms with van der Waals surface area (Å²) in [6, 6.07) is 14.2. The van der Waals surface area contributed by atoms with Gasteiger partial charge in [-0.1, -0.05) is 55.2 Å².